The van der Waals surface area contributed by atoms with Crippen molar-refractivity contribution >= 4 is 0 Å². The average molecular weight is 128 g/mol. The van der Waals surface area contributed by atoms with E-state index in [0.717, 1.165) is 19.6 Å². The molecule has 1 heterocycles. The zero-order valence-electron chi connectivity index (χ0n) is 6.11. The van der Waals surface area contributed by atoms with Gasteiger partial charge in [0.05, 0.1) is 0 Å². The Balaban J connectivity index is 2.28. The standard InChI is InChI=1S/C7H16N2/c1-2-3-7(4-8)5-9-6-7/h9H,2-6,8H2,1H3. The van der Waals surface area contributed by atoms with Crippen LogP contribution in [-0.4, -0.2) is 19.6 Å². The van der Waals surface area contributed by atoms with Gasteiger partial charge in [0, 0.05) is 25.0 Å². The molecule has 54 valence electrons. The van der Waals surface area contributed by atoms with Crippen molar-refractivity contribution in [3.63, 3.8) is 0 Å². The molecule has 1 aliphatic rings. The first-order valence-corrected chi connectivity index (χ1v) is 3.74. The molecule has 0 amide bonds. The second kappa shape index (κ2) is 2.67. The van der Waals surface area contributed by atoms with Crippen LogP contribution in [0.4, 0.5) is 0 Å². The van der Waals surface area contributed by atoms with Crippen LogP contribution in [0.5, 0.6) is 0 Å². The lowest BCUT2D eigenvalue weighted by atomic mass is 9.78. The van der Waals surface area contributed by atoms with Crippen LogP contribution in [0, 0.1) is 5.41 Å². The van der Waals surface area contributed by atoms with E-state index in [2.05, 4.69) is 12.2 Å². The van der Waals surface area contributed by atoms with E-state index in [0.29, 0.717) is 5.41 Å². The van der Waals surface area contributed by atoms with Gasteiger partial charge in [-0.3, -0.25) is 0 Å². The largest absolute Gasteiger partial charge is 0.330 e. The maximum absolute atomic E-state index is 5.61. The van der Waals surface area contributed by atoms with Crippen LogP contribution in [-0.2, 0) is 0 Å². The van der Waals surface area contributed by atoms with Gasteiger partial charge in [-0.25, -0.2) is 0 Å². The van der Waals surface area contributed by atoms with Crippen LogP contribution in [0.3, 0.4) is 0 Å². The first-order valence-electron chi connectivity index (χ1n) is 3.74. The normalized spacial score (nSPS) is 23.3. The molecule has 0 bridgehead atoms. The second-order valence-corrected chi connectivity index (χ2v) is 3.06. The zero-order chi connectivity index (χ0) is 6.74. The molecule has 0 aromatic heterocycles. The summed E-state index contributed by atoms with van der Waals surface area (Å²) < 4.78 is 0. The fourth-order valence-corrected chi connectivity index (χ4v) is 1.43. The zero-order valence-corrected chi connectivity index (χ0v) is 6.11. The molecule has 2 nitrogen and oxygen atoms in total. The predicted molar refractivity (Wildman–Crippen MR) is 39.3 cm³/mol. The molecular formula is C7H16N2. The summed E-state index contributed by atoms with van der Waals surface area (Å²) in [5, 5.41) is 3.26. The molecule has 0 aromatic carbocycles. The Bertz CT molecular complexity index is 81.4. The van der Waals surface area contributed by atoms with Crippen molar-refractivity contribution < 1.29 is 0 Å². The van der Waals surface area contributed by atoms with Crippen molar-refractivity contribution in [2.24, 2.45) is 11.1 Å². The van der Waals surface area contributed by atoms with E-state index in [1.54, 1.807) is 0 Å². The predicted octanol–water partition coefficient (Wildman–Crippen LogP) is 0.335. The summed E-state index contributed by atoms with van der Waals surface area (Å²) >= 11 is 0. The molecule has 0 aromatic rings. The van der Waals surface area contributed by atoms with Crippen LogP contribution in [0.2, 0.25) is 0 Å². The lowest BCUT2D eigenvalue weighted by Crippen LogP contribution is -2.57. The summed E-state index contributed by atoms with van der Waals surface area (Å²) in [6.45, 7) is 5.35. The molecule has 0 saturated carbocycles. The van der Waals surface area contributed by atoms with Gasteiger partial charge in [-0.1, -0.05) is 13.3 Å². The van der Waals surface area contributed by atoms with Gasteiger partial charge in [-0.15, -0.1) is 0 Å². The van der Waals surface area contributed by atoms with E-state index >= 15 is 0 Å². The minimum atomic E-state index is 0.481. The average Bonchev–Trinajstić information content (AvgIpc) is 1.79. The van der Waals surface area contributed by atoms with Gasteiger partial charge in [0.2, 0.25) is 0 Å². The Morgan fingerprint density at radius 3 is 2.33 bits per heavy atom. The van der Waals surface area contributed by atoms with Crippen molar-refractivity contribution in [2.75, 3.05) is 19.6 Å². The highest BCUT2D eigenvalue weighted by molar-refractivity contribution is 4.92. The molecule has 0 radical (unpaired) electrons. The van der Waals surface area contributed by atoms with E-state index in [4.69, 9.17) is 5.73 Å². The Kier molecular flexibility index (Phi) is 2.09. The number of hydrogen-bond donors (Lipinski definition) is 2. The summed E-state index contributed by atoms with van der Waals surface area (Å²) in [5.74, 6) is 0. The SMILES string of the molecule is CCCC1(CN)CNC1. The quantitative estimate of drug-likeness (QED) is 0.575. The first-order chi connectivity index (χ1) is 4.33. The number of nitrogens with one attached hydrogen (secondary N) is 1. The van der Waals surface area contributed by atoms with Crippen molar-refractivity contribution in [3.05, 3.63) is 0 Å². The number of hydrogen-bond acceptors (Lipinski definition) is 2. The lowest BCUT2D eigenvalue weighted by Gasteiger charge is -2.41. The van der Waals surface area contributed by atoms with E-state index in [1.807, 2.05) is 0 Å². The van der Waals surface area contributed by atoms with Gasteiger partial charge in [0.25, 0.3) is 0 Å². The molecule has 0 atom stereocenters. The highest BCUT2D eigenvalue weighted by Gasteiger charge is 2.33. The highest BCUT2D eigenvalue weighted by Crippen LogP contribution is 2.26. The Labute approximate surface area is 56.8 Å². The summed E-state index contributed by atoms with van der Waals surface area (Å²) in [6.07, 6.45) is 2.55. The monoisotopic (exact) mass is 128 g/mol. The third-order valence-electron chi connectivity index (χ3n) is 2.21. The summed E-state index contributed by atoms with van der Waals surface area (Å²) in [4.78, 5) is 0. The molecule has 1 aliphatic heterocycles. The third kappa shape index (κ3) is 1.25. The van der Waals surface area contributed by atoms with Gasteiger partial charge in [-0.2, -0.15) is 0 Å². The van der Waals surface area contributed by atoms with Crippen LogP contribution < -0.4 is 11.1 Å². The lowest BCUT2D eigenvalue weighted by molar-refractivity contribution is 0.162. The Morgan fingerprint density at radius 1 is 1.56 bits per heavy atom. The molecule has 2 heteroatoms. The smallest absolute Gasteiger partial charge is 0.00749 e. The molecular weight excluding hydrogens is 112 g/mol. The van der Waals surface area contributed by atoms with Gasteiger partial charge >= 0.3 is 0 Å². The van der Waals surface area contributed by atoms with Crippen LogP contribution in [0.25, 0.3) is 0 Å². The van der Waals surface area contributed by atoms with E-state index < -0.39 is 0 Å². The summed E-state index contributed by atoms with van der Waals surface area (Å²) in [5.41, 5.74) is 6.10. The maximum atomic E-state index is 5.61. The number of nitrogens with two attached hydrogens (primary N) is 1. The molecule has 3 N–H and O–H groups in total. The molecule has 1 saturated heterocycles. The van der Waals surface area contributed by atoms with E-state index in [-0.39, 0.29) is 0 Å². The minimum Gasteiger partial charge on any atom is -0.330 e. The topological polar surface area (TPSA) is 38.0 Å². The third-order valence-corrected chi connectivity index (χ3v) is 2.21. The fraction of sp³-hybridized carbons (Fsp3) is 1.00. The fourth-order valence-electron chi connectivity index (χ4n) is 1.43. The van der Waals surface area contributed by atoms with Crippen LogP contribution in [0.15, 0.2) is 0 Å². The van der Waals surface area contributed by atoms with Gasteiger partial charge in [-0.05, 0) is 6.42 Å². The summed E-state index contributed by atoms with van der Waals surface area (Å²) in [7, 11) is 0. The van der Waals surface area contributed by atoms with Gasteiger partial charge in [0.15, 0.2) is 0 Å². The Morgan fingerprint density at radius 2 is 2.22 bits per heavy atom. The summed E-state index contributed by atoms with van der Waals surface area (Å²) in [6, 6.07) is 0. The first kappa shape index (κ1) is 7.03. The van der Waals surface area contributed by atoms with Gasteiger partial charge in [0.1, 0.15) is 0 Å². The molecule has 0 aliphatic carbocycles. The minimum absolute atomic E-state index is 0.481. The van der Waals surface area contributed by atoms with Crippen LogP contribution in [0.1, 0.15) is 19.8 Å². The second-order valence-electron chi connectivity index (χ2n) is 3.06. The molecule has 1 rings (SSSR count). The Hall–Kier alpha value is -0.0800. The van der Waals surface area contributed by atoms with Crippen LogP contribution >= 0.6 is 0 Å². The molecule has 0 spiro atoms. The van der Waals surface area contributed by atoms with Crippen molar-refractivity contribution in [1.29, 1.82) is 0 Å². The number of rotatable bonds is 3. The van der Waals surface area contributed by atoms with Crippen molar-refractivity contribution in [3.8, 4) is 0 Å². The molecule has 9 heavy (non-hydrogen) atoms. The van der Waals surface area contributed by atoms with Gasteiger partial charge < -0.3 is 11.1 Å². The van der Waals surface area contributed by atoms with Crippen molar-refractivity contribution in [1.82, 2.24) is 5.32 Å². The van der Waals surface area contributed by atoms with E-state index in [9.17, 15) is 0 Å². The molecule has 1 fully saturated rings. The highest BCUT2D eigenvalue weighted by atomic mass is 15.0. The molecule has 0 unspecified atom stereocenters. The van der Waals surface area contributed by atoms with E-state index in [1.165, 1.54) is 12.8 Å². The van der Waals surface area contributed by atoms with Crippen molar-refractivity contribution in [2.45, 2.75) is 19.8 Å². The maximum Gasteiger partial charge on any atom is 0.00749 e.